The second-order valence-electron chi connectivity index (χ2n) is 5.18. The third-order valence-electron chi connectivity index (χ3n) is 3.48. The first-order valence-corrected chi connectivity index (χ1v) is 7.73. The zero-order chi connectivity index (χ0) is 14.1. The van der Waals surface area contributed by atoms with Gasteiger partial charge in [0.15, 0.2) is 0 Å². The van der Waals surface area contributed by atoms with Crippen molar-refractivity contribution in [3.05, 3.63) is 34.6 Å². The quantitative estimate of drug-likeness (QED) is 0.586. The van der Waals surface area contributed by atoms with E-state index in [4.69, 9.17) is 17.3 Å². The van der Waals surface area contributed by atoms with Gasteiger partial charge in [0.25, 0.3) is 0 Å². The number of halogens is 2. The summed E-state index contributed by atoms with van der Waals surface area (Å²) in [6, 6.07) is 4.35. The molecule has 1 atom stereocenters. The summed E-state index contributed by atoms with van der Waals surface area (Å²) >= 11 is 5.87. The van der Waals surface area contributed by atoms with Crippen LogP contribution in [0.1, 0.15) is 69.9 Å². The lowest BCUT2D eigenvalue weighted by Gasteiger charge is -2.13. The predicted molar refractivity (Wildman–Crippen MR) is 80.9 cm³/mol. The van der Waals surface area contributed by atoms with Crippen molar-refractivity contribution < 1.29 is 4.39 Å². The maximum atomic E-state index is 13.6. The van der Waals surface area contributed by atoms with Crippen molar-refractivity contribution >= 4 is 11.6 Å². The van der Waals surface area contributed by atoms with Crippen LogP contribution in [0.15, 0.2) is 18.2 Å². The molecule has 0 saturated carbocycles. The van der Waals surface area contributed by atoms with E-state index < -0.39 is 0 Å². The highest BCUT2D eigenvalue weighted by atomic mass is 35.5. The van der Waals surface area contributed by atoms with Gasteiger partial charge in [-0.05, 0) is 24.6 Å². The Morgan fingerprint density at radius 2 is 1.74 bits per heavy atom. The van der Waals surface area contributed by atoms with Crippen LogP contribution in [-0.2, 0) is 0 Å². The minimum absolute atomic E-state index is 0.241. The Balaban J connectivity index is 2.23. The zero-order valence-corrected chi connectivity index (χ0v) is 12.6. The van der Waals surface area contributed by atoms with E-state index in [0.29, 0.717) is 10.6 Å². The van der Waals surface area contributed by atoms with Gasteiger partial charge in [0.2, 0.25) is 0 Å². The van der Waals surface area contributed by atoms with Crippen LogP contribution in [0.5, 0.6) is 0 Å². The fourth-order valence-electron chi connectivity index (χ4n) is 2.28. The average molecular weight is 286 g/mol. The van der Waals surface area contributed by atoms with Crippen molar-refractivity contribution in [1.29, 1.82) is 0 Å². The SMILES string of the molecule is CCCCCCCCCC(N)c1cc(Cl)ccc1F. The van der Waals surface area contributed by atoms with Crippen LogP contribution in [0.2, 0.25) is 5.02 Å². The molecule has 2 N–H and O–H groups in total. The van der Waals surface area contributed by atoms with Crippen LogP contribution in [0.3, 0.4) is 0 Å². The smallest absolute Gasteiger partial charge is 0.128 e. The van der Waals surface area contributed by atoms with Crippen molar-refractivity contribution in [1.82, 2.24) is 0 Å². The zero-order valence-electron chi connectivity index (χ0n) is 11.8. The molecule has 0 aromatic heterocycles. The number of hydrogen-bond acceptors (Lipinski definition) is 1. The van der Waals surface area contributed by atoms with Gasteiger partial charge in [-0.25, -0.2) is 4.39 Å². The fraction of sp³-hybridized carbons (Fsp3) is 0.625. The monoisotopic (exact) mass is 285 g/mol. The Bertz CT molecular complexity index is 368. The van der Waals surface area contributed by atoms with E-state index in [-0.39, 0.29) is 11.9 Å². The molecule has 108 valence electrons. The molecule has 19 heavy (non-hydrogen) atoms. The Kier molecular flexibility index (Phi) is 8.08. The average Bonchev–Trinajstić information content (AvgIpc) is 2.40. The van der Waals surface area contributed by atoms with Gasteiger partial charge in [-0.15, -0.1) is 0 Å². The molecule has 0 aliphatic carbocycles. The summed E-state index contributed by atoms with van der Waals surface area (Å²) in [7, 11) is 0. The van der Waals surface area contributed by atoms with Crippen LogP contribution in [0, 0.1) is 5.82 Å². The molecule has 1 unspecified atom stereocenters. The fourth-order valence-corrected chi connectivity index (χ4v) is 2.46. The molecular weight excluding hydrogens is 261 g/mol. The maximum absolute atomic E-state index is 13.6. The highest BCUT2D eigenvalue weighted by Crippen LogP contribution is 2.23. The maximum Gasteiger partial charge on any atom is 0.128 e. The second-order valence-corrected chi connectivity index (χ2v) is 5.62. The highest BCUT2D eigenvalue weighted by Gasteiger charge is 2.11. The van der Waals surface area contributed by atoms with Crippen molar-refractivity contribution in [2.75, 3.05) is 0 Å². The van der Waals surface area contributed by atoms with Gasteiger partial charge in [-0.3, -0.25) is 0 Å². The third kappa shape index (κ3) is 6.40. The number of nitrogens with two attached hydrogens (primary N) is 1. The van der Waals surface area contributed by atoms with E-state index in [0.717, 1.165) is 12.8 Å². The number of hydrogen-bond donors (Lipinski definition) is 1. The standard InChI is InChI=1S/C16H25ClFN/c1-2-3-4-5-6-7-8-9-16(19)14-12-13(17)10-11-15(14)18/h10-12,16H,2-9,19H2,1H3. The Morgan fingerprint density at radius 1 is 1.11 bits per heavy atom. The van der Waals surface area contributed by atoms with Crippen LogP contribution < -0.4 is 5.73 Å². The van der Waals surface area contributed by atoms with Crippen molar-refractivity contribution in [2.24, 2.45) is 5.73 Å². The summed E-state index contributed by atoms with van der Waals surface area (Å²) in [6.45, 7) is 2.22. The molecule has 0 heterocycles. The van der Waals surface area contributed by atoms with E-state index in [2.05, 4.69) is 6.92 Å². The topological polar surface area (TPSA) is 26.0 Å². The molecule has 0 fully saturated rings. The lowest BCUT2D eigenvalue weighted by Crippen LogP contribution is -2.12. The van der Waals surface area contributed by atoms with E-state index in [9.17, 15) is 4.39 Å². The first-order chi connectivity index (χ1) is 9.15. The molecule has 1 aromatic carbocycles. The van der Waals surface area contributed by atoms with Gasteiger partial charge < -0.3 is 5.73 Å². The van der Waals surface area contributed by atoms with Gasteiger partial charge in [0, 0.05) is 16.6 Å². The molecule has 0 amide bonds. The van der Waals surface area contributed by atoms with Crippen LogP contribution in [0.4, 0.5) is 4.39 Å². The largest absolute Gasteiger partial charge is 0.324 e. The van der Waals surface area contributed by atoms with Crippen molar-refractivity contribution in [2.45, 2.75) is 64.3 Å². The molecule has 1 aromatic rings. The molecule has 0 aliphatic heterocycles. The minimum atomic E-state index is -0.250. The van der Waals surface area contributed by atoms with Gasteiger partial charge in [-0.2, -0.15) is 0 Å². The predicted octanol–water partition coefficient (Wildman–Crippen LogP) is 5.62. The highest BCUT2D eigenvalue weighted by molar-refractivity contribution is 6.30. The summed E-state index contributed by atoms with van der Waals surface area (Å²) in [5, 5.41) is 0.548. The van der Waals surface area contributed by atoms with Gasteiger partial charge >= 0.3 is 0 Å². The molecule has 0 bridgehead atoms. The summed E-state index contributed by atoms with van der Waals surface area (Å²) in [5.41, 5.74) is 6.57. The molecule has 3 heteroatoms. The molecule has 0 aliphatic rings. The summed E-state index contributed by atoms with van der Waals surface area (Å²) < 4.78 is 13.6. The van der Waals surface area contributed by atoms with Crippen molar-refractivity contribution in [3.63, 3.8) is 0 Å². The molecule has 0 spiro atoms. The van der Waals surface area contributed by atoms with E-state index in [1.165, 1.54) is 44.6 Å². The third-order valence-corrected chi connectivity index (χ3v) is 3.71. The lowest BCUT2D eigenvalue weighted by molar-refractivity contribution is 0.520. The molecule has 0 radical (unpaired) electrons. The van der Waals surface area contributed by atoms with E-state index in [1.807, 2.05) is 0 Å². The van der Waals surface area contributed by atoms with Gasteiger partial charge in [0.1, 0.15) is 5.82 Å². The Morgan fingerprint density at radius 3 is 2.42 bits per heavy atom. The summed E-state index contributed by atoms with van der Waals surface area (Å²) in [4.78, 5) is 0. The van der Waals surface area contributed by atoms with Gasteiger partial charge in [-0.1, -0.05) is 63.5 Å². The molecular formula is C16H25ClFN. The normalized spacial score (nSPS) is 12.6. The number of unbranched alkanes of at least 4 members (excludes halogenated alkanes) is 6. The van der Waals surface area contributed by atoms with E-state index in [1.54, 1.807) is 12.1 Å². The Hall–Kier alpha value is -0.600. The summed E-state index contributed by atoms with van der Waals surface area (Å²) in [5.74, 6) is -0.250. The number of rotatable bonds is 9. The van der Waals surface area contributed by atoms with Gasteiger partial charge in [0.05, 0.1) is 0 Å². The first kappa shape index (κ1) is 16.5. The van der Waals surface area contributed by atoms with Crippen LogP contribution >= 0.6 is 11.6 Å². The molecule has 1 nitrogen and oxygen atoms in total. The summed E-state index contributed by atoms with van der Waals surface area (Å²) in [6.07, 6.45) is 9.54. The first-order valence-electron chi connectivity index (χ1n) is 7.35. The van der Waals surface area contributed by atoms with Crippen LogP contribution in [-0.4, -0.2) is 0 Å². The van der Waals surface area contributed by atoms with Crippen LogP contribution in [0.25, 0.3) is 0 Å². The number of benzene rings is 1. The minimum Gasteiger partial charge on any atom is -0.324 e. The Labute approximate surface area is 121 Å². The molecule has 0 saturated heterocycles. The van der Waals surface area contributed by atoms with E-state index >= 15 is 0 Å². The van der Waals surface area contributed by atoms with Crippen molar-refractivity contribution in [3.8, 4) is 0 Å². The lowest BCUT2D eigenvalue weighted by atomic mass is 10.00. The second kappa shape index (κ2) is 9.33. The molecule has 1 rings (SSSR count).